The highest BCUT2D eigenvalue weighted by Gasteiger charge is 2.28. The minimum atomic E-state index is -4.45. The first kappa shape index (κ1) is 18.6. The molecule has 1 aromatic carbocycles. The molecule has 3 aromatic rings. The van der Waals surface area contributed by atoms with Crippen LogP contribution < -0.4 is 15.4 Å². The van der Waals surface area contributed by atoms with E-state index >= 15 is 0 Å². The average molecular weight is 378 g/mol. The highest BCUT2D eigenvalue weighted by atomic mass is 19.4. The van der Waals surface area contributed by atoms with Gasteiger partial charge >= 0.3 is 12.2 Å². The van der Waals surface area contributed by atoms with Crippen LogP contribution in [-0.2, 0) is 6.42 Å². The zero-order valence-corrected chi connectivity index (χ0v) is 14.2. The summed E-state index contributed by atoms with van der Waals surface area (Å²) in [6, 6.07) is 11.1. The van der Waals surface area contributed by atoms with Gasteiger partial charge in [-0.25, -0.2) is 9.78 Å². The molecule has 2 N–H and O–H groups in total. The van der Waals surface area contributed by atoms with Gasteiger partial charge in [0.05, 0.1) is 11.4 Å². The molecule has 0 saturated carbocycles. The Balaban J connectivity index is 1.52. The molecule has 0 saturated heterocycles. The van der Waals surface area contributed by atoms with Crippen LogP contribution in [0.4, 0.5) is 23.7 Å². The lowest BCUT2D eigenvalue weighted by Gasteiger charge is -2.14. The standard InChI is InChI=1S/C18H17F3N4O2/c19-18(20,21)12-27-15-6-2-1-5-14(15)24-17(26)22-9-8-13-11-25-10-4-3-7-16(25)23-13/h1-7,10-11H,8-9,12H2,(H2,22,24,26). The summed E-state index contributed by atoms with van der Waals surface area (Å²) < 4.78 is 43.5. The summed E-state index contributed by atoms with van der Waals surface area (Å²) in [5, 5.41) is 5.14. The van der Waals surface area contributed by atoms with Crippen LogP contribution in [0.1, 0.15) is 5.69 Å². The number of nitrogens with zero attached hydrogens (tertiary/aromatic N) is 2. The van der Waals surface area contributed by atoms with Gasteiger partial charge in [0.1, 0.15) is 11.4 Å². The maximum Gasteiger partial charge on any atom is 0.422 e. The molecular weight excluding hydrogens is 361 g/mol. The molecule has 9 heteroatoms. The van der Waals surface area contributed by atoms with Crippen LogP contribution in [0.2, 0.25) is 0 Å². The second-order valence-corrected chi connectivity index (χ2v) is 5.73. The van der Waals surface area contributed by atoms with Gasteiger partial charge in [-0.1, -0.05) is 18.2 Å². The van der Waals surface area contributed by atoms with E-state index in [0.717, 1.165) is 11.3 Å². The van der Waals surface area contributed by atoms with Gasteiger partial charge in [0, 0.05) is 25.4 Å². The van der Waals surface area contributed by atoms with E-state index in [0.29, 0.717) is 13.0 Å². The smallest absolute Gasteiger partial charge is 0.422 e. The molecule has 0 fully saturated rings. The fourth-order valence-electron chi connectivity index (χ4n) is 2.43. The molecule has 2 heterocycles. The van der Waals surface area contributed by atoms with Crippen LogP contribution in [-0.4, -0.2) is 34.7 Å². The van der Waals surface area contributed by atoms with Gasteiger partial charge < -0.3 is 19.8 Å². The predicted molar refractivity (Wildman–Crippen MR) is 93.9 cm³/mol. The Morgan fingerprint density at radius 3 is 2.70 bits per heavy atom. The van der Waals surface area contributed by atoms with E-state index in [1.54, 1.807) is 6.07 Å². The van der Waals surface area contributed by atoms with E-state index in [-0.39, 0.29) is 11.4 Å². The molecule has 0 aliphatic carbocycles. The number of amides is 2. The summed E-state index contributed by atoms with van der Waals surface area (Å²) in [6.07, 6.45) is -0.191. The van der Waals surface area contributed by atoms with Crippen molar-refractivity contribution in [1.82, 2.24) is 14.7 Å². The summed E-state index contributed by atoms with van der Waals surface area (Å²) in [4.78, 5) is 16.4. The van der Waals surface area contributed by atoms with E-state index in [2.05, 4.69) is 15.6 Å². The number of ether oxygens (including phenoxy) is 1. The lowest BCUT2D eigenvalue weighted by molar-refractivity contribution is -0.153. The Bertz CT molecular complexity index is 891. The van der Waals surface area contributed by atoms with Crippen molar-refractivity contribution in [1.29, 1.82) is 0 Å². The molecule has 0 unspecified atom stereocenters. The summed E-state index contributed by atoms with van der Waals surface area (Å²) in [5.74, 6) is -0.0506. The molecule has 0 radical (unpaired) electrons. The Morgan fingerprint density at radius 1 is 1.15 bits per heavy atom. The minimum absolute atomic E-state index is 0.0506. The molecule has 0 bridgehead atoms. The minimum Gasteiger partial charge on any atom is -0.482 e. The number of urea groups is 1. The molecule has 0 aliphatic rings. The quantitative estimate of drug-likeness (QED) is 0.688. The number of halogens is 3. The third-order valence-electron chi connectivity index (χ3n) is 3.61. The van der Waals surface area contributed by atoms with Crippen molar-refractivity contribution < 1.29 is 22.7 Å². The molecule has 0 spiro atoms. The van der Waals surface area contributed by atoms with Crippen LogP contribution in [0.15, 0.2) is 54.9 Å². The Labute approximate surface area is 153 Å². The summed E-state index contributed by atoms with van der Waals surface area (Å²) >= 11 is 0. The summed E-state index contributed by atoms with van der Waals surface area (Å²) in [6.45, 7) is -1.11. The third-order valence-corrected chi connectivity index (χ3v) is 3.61. The number of alkyl halides is 3. The van der Waals surface area contributed by atoms with Crippen molar-refractivity contribution in [3.63, 3.8) is 0 Å². The van der Waals surface area contributed by atoms with Crippen LogP contribution in [0.3, 0.4) is 0 Å². The average Bonchev–Trinajstić information content (AvgIpc) is 3.03. The number of pyridine rings is 1. The van der Waals surface area contributed by atoms with Gasteiger partial charge in [-0.3, -0.25) is 0 Å². The van der Waals surface area contributed by atoms with Gasteiger partial charge in [-0.2, -0.15) is 13.2 Å². The van der Waals surface area contributed by atoms with Crippen LogP contribution in [0.5, 0.6) is 5.75 Å². The highest BCUT2D eigenvalue weighted by molar-refractivity contribution is 5.90. The van der Waals surface area contributed by atoms with E-state index in [4.69, 9.17) is 4.74 Å². The van der Waals surface area contributed by atoms with Crippen molar-refractivity contribution >= 4 is 17.4 Å². The lowest BCUT2D eigenvalue weighted by atomic mass is 10.3. The van der Waals surface area contributed by atoms with E-state index in [9.17, 15) is 18.0 Å². The normalized spacial score (nSPS) is 11.4. The molecule has 3 rings (SSSR count). The van der Waals surface area contributed by atoms with Gasteiger partial charge in [0.2, 0.25) is 0 Å². The number of carbonyl (C=O) groups excluding carboxylic acids is 1. The number of imidazole rings is 1. The molecular formula is C18H17F3N4O2. The molecule has 0 atom stereocenters. The summed E-state index contributed by atoms with van der Waals surface area (Å²) in [5.41, 5.74) is 1.79. The maximum atomic E-state index is 12.3. The second-order valence-electron chi connectivity index (χ2n) is 5.73. The van der Waals surface area contributed by atoms with Crippen molar-refractivity contribution in [3.05, 3.63) is 60.6 Å². The van der Waals surface area contributed by atoms with Gasteiger partial charge in [0.25, 0.3) is 0 Å². The zero-order valence-electron chi connectivity index (χ0n) is 14.2. The SMILES string of the molecule is O=C(NCCc1cn2ccccc2n1)Nc1ccccc1OCC(F)(F)F. The monoisotopic (exact) mass is 378 g/mol. The first-order valence-corrected chi connectivity index (χ1v) is 8.17. The number of fused-ring (bicyclic) bond motifs is 1. The summed E-state index contributed by atoms with van der Waals surface area (Å²) in [7, 11) is 0. The fraction of sp³-hybridized carbons (Fsp3) is 0.222. The van der Waals surface area contributed by atoms with Gasteiger partial charge in [-0.05, 0) is 24.3 Å². The first-order chi connectivity index (χ1) is 12.9. The molecule has 2 amide bonds. The van der Waals surface area contributed by atoms with Crippen molar-refractivity contribution in [2.75, 3.05) is 18.5 Å². The number of para-hydroxylation sites is 2. The number of rotatable bonds is 6. The molecule has 142 valence electrons. The lowest BCUT2D eigenvalue weighted by Crippen LogP contribution is -2.30. The van der Waals surface area contributed by atoms with Crippen molar-refractivity contribution in [3.8, 4) is 5.75 Å². The van der Waals surface area contributed by atoms with Crippen molar-refractivity contribution in [2.24, 2.45) is 0 Å². The highest BCUT2D eigenvalue weighted by Crippen LogP contribution is 2.26. The molecule has 27 heavy (non-hydrogen) atoms. The number of benzene rings is 1. The van der Waals surface area contributed by atoms with Crippen LogP contribution in [0.25, 0.3) is 5.65 Å². The number of hydrogen-bond acceptors (Lipinski definition) is 3. The zero-order chi connectivity index (χ0) is 19.3. The molecule has 2 aromatic heterocycles. The third kappa shape index (κ3) is 5.37. The number of carbonyl (C=O) groups is 1. The van der Waals surface area contributed by atoms with E-state index < -0.39 is 18.8 Å². The van der Waals surface area contributed by atoms with E-state index in [1.165, 1.54) is 18.2 Å². The van der Waals surface area contributed by atoms with E-state index in [1.807, 2.05) is 35.0 Å². The topological polar surface area (TPSA) is 67.7 Å². The largest absolute Gasteiger partial charge is 0.482 e. The van der Waals surface area contributed by atoms with Crippen LogP contribution in [0, 0.1) is 0 Å². The number of anilines is 1. The van der Waals surface area contributed by atoms with Gasteiger partial charge in [-0.15, -0.1) is 0 Å². The Morgan fingerprint density at radius 2 is 1.93 bits per heavy atom. The Hall–Kier alpha value is -3.23. The van der Waals surface area contributed by atoms with Gasteiger partial charge in [0.15, 0.2) is 6.61 Å². The molecule has 6 nitrogen and oxygen atoms in total. The fourth-order valence-corrected chi connectivity index (χ4v) is 2.43. The maximum absolute atomic E-state index is 12.3. The first-order valence-electron chi connectivity index (χ1n) is 8.17. The number of aromatic nitrogens is 2. The predicted octanol–water partition coefficient (Wildman–Crippen LogP) is 3.64. The second kappa shape index (κ2) is 7.98. The number of nitrogens with one attached hydrogen (secondary N) is 2. The Kier molecular flexibility index (Phi) is 5.49. The van der Waals surface area contributed by atoms with Crippen LogP contribution >= 0.6 is 0 Å². The number of hydrogen-bond donors (Lipinski definition) is 2. The van der Waals surface area contributed by atoms with Crippen molar-refractivity contribution in [2.45, 2.75) is 12.6 Å². The molecule has 0 aliphatic heterocycles.